The number of hydrogen-bond donors (Lipinski definition) is 1. The maximum Gasteiger partial charge on any atom is 0.407 e. The molecular formula is C27H22F3N3O5. The molecule has 3 aliphatic heterocycles. The summed E-state index contributed by atoms with van der Waals surface area (Å²) >= 11 is 0. The number of carbonyl (C=O) groups is 3. The zero-order valence-electron chi connectivity index (χ0n) is 20.3. The van der Waals surface area contributed by atoms with Crippen LogP contribution in [0.2, 0.25) is 0 Å². The molecule has 3 aliphatic rings. The Morgan fingerprint density at radius 2 is 1.82 bits per heavy atom. The lowest BCUT2D eigenvalue weighted by Gasteiger charge is -2.29. The van der Waals surface area contributed by atoms with E-state index in [1.807, 2.05) is 0 Å². The van der Waals surface area contributed by atoms with Gasteiger partial charge in [-0.1, -0.05) is 18.2 Å². The molecule has 2 fully saturated rings. The molecule has 2 bridgehead atoms. The Balaban J connectivity index is 1.38. The number of nitrogens with zero attached hydrogens (tertiary/aromatic N) is 2. The molecule has 8 nitrogen and oxygen atoms in total. The van der Waals surface area contributed by atoms with Gasteiger partial charge in [-0.25, -0.2) is 9.74 Å². The van der Waals surface area contributed by atoms with Crippen molar-refractivity contribution >= 4 is 34.8 Å². The van der Waals surface area contributed by atoms with Crippen LogP contribution in [0.4, 0.5) is 30.2 Å². The van der Waals surface area contributed by atoms with Crippen LogP contribution in [0, 0.1) is 18.4 Å². The standard InChI is InChI=1S/C27H22F3N3O5/c1-15(34)32-16-4-7-18(8-5-16)37-13-12-26-11-10-25(2,38-26)21-22(26)24(36)33(23(21)35)17-6-9-20(31-3)19(14-17)27(28,29)30/h4-11,14,21-22H,12-13H2,1-2H3,(H,32,34)/t21-,22+,25?,26?/m1/s1. The summed E-state index contributed by atoms with van der Waals surface area (Å²) in [6.45, 7) is 10.2. The summed E-state index contributed by atoms with van der Waals surface area (Å²) in [6.07, 6.45) is -1.17. The first-order valence-corrected chi connectivity index (χ1v) is 11.8. The first-order chi connectivity index (χ1) is 17.9. The second-order valence-corrected chi connectivity index (χ2v) is 9.66. The lowest BCUT2D eigenvalue weighted by molar-refractivity contribution is -0.137. The summed E-state index contributed by atoms with van der Waals surface area (Å²) in [5.74, 6) is -2.84. The molecule has 2 unspecified atom stereocenters. The smallest absolute Gasteiger partial charge is 0.407 e. The molecule has 38 heavy (non-hydrogen) atoms. The van der Waals surface area contributed by atoms with E-state index in [2.05, 4.69) is 10.2 Å². The Kier molecular flexibility index (Phi) is 5.83. The number of anilines is 2. The van der Waals surface area contributed by atoms with Gasteiger partial charge in [-0.2, -0.15) is 13.2 Å². The molecule has 4 atom stereocenters. The van der Waals surface area contributed by atoms with Gasteiger partial charge in [0, 0.05) is 24.7 Å². The lowest BCUT2D eigenvalue weighted by atomic mass is 9.71. The van der Waals surface area contributed by atoms with Gasteiger partial charge in [0.05, 0.1) is 36.2 Å². The van der Waals surface area contributed by atoms with Gasteiger partial charge < -0.3 is 14.8 Å². The van der Waals surface area contributed by atoms with Gasteiger partial charge in [-0.05, 0) is 43.3 Å². The summed E-state index contributed by atoms with van der Waals surface area (Å²) in [5.41, 5.74) is -3.72. The molecular weight excluding hydrogens is 503 g/mol. The molecule has 0 aromatic heterocycles. The van der Waals surface area contributed by atoms with E-state index < -0.39 is 52.3 Å². The van der Waals surface area contributed by atoms with Gasteiger partial charge in [0.15, 0.2) is 5.69 Å². The molecule has 0 saturated carbocycles. The number of amides is 3. The highest BCUT2D eigenvalue weighted by molar-refractivity contribution is 6.23. The number of rotatable bonds is 6. The number of benzene rings is 2. The number of carbonyl (C=O) groups excluding carboxylic acids is 3. The number of ether oxygens (including phenoxy) is 2. The number of fused-ring (bicyclic) bond motifs is 5. The zero-order valence-corrected chi connectivity index (χ0v) is 20.3. The number of alkyl halides is 3. The van der Waals surface area contributed by atoms with Crippen LogP contribution >= 0.6 is 0 Å². The normalized spacial score (nSPS) is 27.4. The first-order valence-electron chi connectivity index (χ1n) is 11.8. The monoisotopic (exact) mass is 525 g/mol. The van der Waals surface area contributed by atoms with Gasteiger partial charge in [0.25, 0.3) is 0 Å². The number of imide groups is 1. The molecule has 0 aliphatic carbocycles. The molecule has 5 rings (SSSR count). The quantitative estimate of drug-likeness (QED) is 0.330. The average Bonchev–Trinajstić information content (AvgIpc) is 3.43. The molecule has 3 heterocycles. The number of halogens is 3. The van der Waals surface area contributed by atoms with Crippen molar-refractivity contribution in [3.05, 3.63) is 71.6 Å². The highest BCUT2D eigenvalue weighted by atomic mass is 19.4. The molecule has 2 aromatic rings. The van der Waals surface area contributed by atoms with Crippen LogP contribution in [0.1, 0.15) is 25.8 Å². The fourth-order valence-corrected chi connectivity index (χ4v) is 5.56. The SMILES string of the molecule is [C-]#[N+]c1ccc(N2C(=O)[C@@H]3[C@H](C2=O)C2(C)C=CC3(CCOc3ccc(NC(C)=O)cc3)O2)cc1C(F)(F)F. The number of hydrogen-bond acceptors (Lipinski definition) is 5. The van der Waals surface area contributed by atoms with Crippen molar-refractivity contribution in [2.45, 2.75) is 37.6 Å². The number of nitrogens with one attached hydrogen (secondary N) is 1. The van der Waals surface area contributed by atoms with Crippen molar-refractivity contribution < 1.29 is 37.0 Å². The molecule has 196 valence electrons. The topological polar surface area (TPSA) is 89.3 Å². The van der Waals surface area contributed by atoms with E-state index in [0.29, 0.717) is 17.5 Å². The van der Waals surface area contributed by atoms with E-state index in [1.165, 1.54) is 13.0 Å². The van der Waals surface area contributed by atoms with Gasteiger partial charge in [-0.3, -0.25) is 14.4 Å². The van der Waals surface area contributed by atoms with Crippen LogP contribution in [0.15, 0.2) is 54.6 Å². The largest absolute Gasteiger partial charge is 0.493 e. The van der Waals surface area contributed by atoms with Crippen LogP contribution in [0.5, 0.6) is 5.75 Å². The fourth-order valence-electron chi connectivity index (χ4n) is 5.56. The van der Waals surface area contributed by atoms with E-state index >= 15 is 0 Å². The summed E-state index contributed by atoms with van der Waals surface area (Å²) in [6, 6.07) is 9.51. The molecule has 0 spiro atoms. The maximum absolute atomic E-state index is 13.6. The fraction of sp³-hybridized carbons (Fsp3) is 0.333. The molecule has 2 saturated heterocycles. The van der Waals surface area contributed by atoms with Crippen LogP contribution in [0.3, 0.4) is 0 Å². The van der Waals surface area contributed by atoms with Gasteiger partial charge >= 0.3 is 6.18 Å². The minimum Gasteiger partial charge on any atom is -0.493 e. The van der Waals surface area contributed by atoms with Crippen LogP contribution in [-0.4, -0.2) is 35.5 Å². The Hall–Kier alpha value is -4.17. The Morgan fingerprint density at radius 1 is 1.13 bits per heavy atom. The van der Waals surface area contributed by atoms with E-state index in [9.17, 15) is 27.6 Å². The van der Waals surface area contributed by atoms with Crippen molar-refractivity contribution in [2.24, 2.45) is 11.8 Å². The van der Waals surface area contributed by atoms with Gasteiger partial charge in [-0.15, -0.1) is 0 Å². The Morgan fingerprint density at radius 3 is 2.45 bits per heavy atom. The Labute approximate surface area is 215 Å². The summed E-state index contributed by atoms with van der Waals surface area (Å²) in [7, 11) is 0. The molecule has 3 amide bonds. The minimum atomic E-state index is -4.83. The van der Waals surface area contributed by atoms with Crippen LogP contribution < -0.4 is 15.0 Å². The molecule has 1 N–H and O–H groups in total. The van der Waals surface area contributed by atoms with E-state index in [-0.39, 0.29) is 24.6 Å². The second kappa shape index (κ2) is 8.70. The van der Waals surface area contributed by atoms with Gasteiger partial charge in [0.2, 0.25) is 17.7 Å². The van der Waals surface area contributed by atoms with E-state index in [4.69, 9.17) is 16.0 Å². The Bertz CT molecular complexity index is 1410. The summed E-state index contributed by atoms with van der Waals surface area (Å²) < 4.78 is 52.7. The predicted octanol–water partition coefficient (Wildman–Crippen LogP) is 4.89. The van der Waals surface area contributed by atoms with Crippen molar-refractivity contribution in [2.75, 3.05) is 16.8 Å². The third kappa shape index (κ3) is 4.01. The highest BCUT2D eigenvalue weighted by Crippen LogP contribution is 2.59. The van der Waals surface area contributed by atoms with Crippen molar-refractivity contribution in [1.82, 2.24) is 0 Å². The lowest BCUT2D eigenvalue weighted by Crippen LogP contribution is -2.42. The van der Waals surface area contributed by atoms with E-state index in [1.54, 1.807) is 43.3 Å². The average molecular weight is 525 g/mol. The molecule has 2 aromatic carbocycles. The minimum absolute atomic E-state index is 0.127. The second-order valence-electron chi connectivity index (χ2n) is 9.66. The zero-order chi connectivity index (χ0) is 27.5. The van der Waals surface area contributed by atoms with Crippen LogP contribution in [0.25, 0.3) is 4.85 Å². The van der Waals surface area contributed by atoms with E-state index in [0.717, 1.165) is 11.0 Å². The highest BCUT2D eigenvalue weighted by Gasteiger charge is 2.72. The van der Waals surface area contributed by atoms with Crippen molar-refractivity contribution in [3.8, 4) is 5.75 Å². The third-order valence-electron chi connectivity index (χ3n) is 7.16. The van der Waals surface area contributed by atoms with Gasteiger partial charge in [0.1, 0.15) is 11.4 Å². The molecule has 11 heteroatoms. The van der Waals surface area contributed by atoms with Crippen molar-refractivity contribution in [3.63, 3.8) is 0 Å². The first kappa shape index (κ1) is 25.5. The summed E-state index contributed by atoms with van der Waals surface area (Å²) in [4.78, 5) is 41.9. The summed E-state index contributed by atoms with van der Waals surface area (Å²) in [5, 5.41) is 2.65. The predicted molar refractivity (Wildman–Crippen MR) is 129 cm³/mol. The molecule has 0 radical (unpaired) electrons. The maximum atomic E-state index is 13.6. The van der Waals surface area contributed by atoms with Crippen molar-refractivity contribution in [1.29, 1.82) is 0 Å². The van der Waals surface area contributed by atoms with Crippen LogP contribution in [-0.2, 0) is 25.3 Å². The third-order valence-corrected chi connectivity index (χ3v) is 7.16.